The maximum Gasteiger partial charge on any atom is 0.251 e. The van der Waals surface area contributed by atoms with E-state index in [2.05, 4.69) is 20.8 Å². The molecule has 1 aromatic heterocycles. The molecular formula is C17H15N5O2. The Morgan fingerprint density at radius 2 is 2.12 bits per heavy atom. The number of para-hydroxylation sites is 1. The van der Waals surface area contributed by atoms with E-state index in [9.17, 15) is 4.79 Å². The number of hydrogen-bond acceptors (Lipinski definition) is 5. The van der Waals surface area contributed by atoms with Gasteiger partial charge in [0.2, 0.25) is 0 Å². The first-order chi connectivity index (χ1) is 11.8. The predicted octanol–water partition coefficient (Wildman–Crippen LogP) is 1.92. The molecule has 0 aliphatic carbocycles. The number of rotatable bonds is 3. The van der Waals surface area contributed by atoms with Gasteiger partial charge in [-0.05, 0) is 34.7 Å². The van der Waals surface area contributed by atoms with Crippen LogP contribution in [0.15, 0.2) is 54.9 Å². The van der Waals surface area contributed by atoms with Crippen LogP contribution in [0.1, 0.15) is 28.4 Å². The van der Waals surface area contributed by atoms with Gasteiger partial charge in [-0.15, -0.1) is 5.10 Å². The smallest absolute Gasteiger partial charge is 0.251 e. The molecule has 0 saturated heterocycles. The van der Waals surface area contributed by atoms with E-state index in [1.54, 1.807) is 12.1 Å². The summed E-state index contributed by atoms with van der Waals surface area (Å²) in [5, 5.41) is 14.1. The van der Waals surface area contributed by atoms with Crippen LogP contribution in [0, 0.1) is 0 Å². The maximum atomic E-state index is 12.6. The lowest BCUT2D eigenvalue weighted by Gasteiger charge is -2.26. The number of aromatic nitrogens is 4. The van der Waals surface area contributed by atoms with Gasteiger partial charge < -0.3 is 10.1 Å². The lowest BCUT2D eigenvalue weighted by Crippen LogP contribution is -2.32. The first-order valence-corrected chi connectivity index (χ1v) is 7.67. The molecule has 0 saturated carbocycles. The molecule has 0 unspecified atom stereocenters. The van der Waals surface area contributed by atoms with Crippen LogP contribution in [0.25, 0.3) is 5.69 Å². The summed E-state index contributed by atoms with van der Waals surface area (Å²) in [5.41, 5.74) is 2.31. The molecule has 2 aromatic carbocycles. The highest BCUT2D eigenvalue weighted by Crippen LogP contribution is 2.31. The highest BCUT2D eigenvalue weighted by atomic mass is 16.5. The van der Waals surface area contributed by atoms with Gasteiger partial charge in [0.1, 0.15) is 12.1 Å². The second-order valence-corrected chi connectivity index (χ2v) is 5.51. The molecule has 1 aliphatic heterocycles. The van der Waals surface area contributed by atoms with Crippen molar-refractivity contribution in [3.05, 3.63) is 66.0 Å². The Hall–Kier alpha value is -3.22. The molecule has 1 aliphatic rings. The molecule has 0 spiro atoms. The van der Waals surface area contributed by atoms with Crippen molar-refractivity contribution in [1.29, 1.82) is 0 Å². The van der Waals surface area contributed by atoms with Crippen molar-refractivity contribution >= 4 is 5.91 Å². The fourth-order valence-corrected chi connectivity index (χ4v) is 2.80. The Labute approximate surface area is 138 Å². The quantitative estimate of drug-likeness (QED) is 0.797. The minimum Gasteiger partial charge on any atom is -0.493 e. The second-order valence-electron chi connectivity index (χ2n) is 5.51. The molecule has 7 heteroatoms. The largest absolute Gasteiger partial charge is 0.493 e. The number of carbonyl (C=O) groups excluding carboxylic acids is 1. The normalized spacial score (nSPS) is 16.1. The van der Waals surface area contributed by atoms with Gasteiger partial charge in [0, 0.05) is 17.5 Å². The summed E-state index contributed by atoms with van der Waals surface area (Å²) in [4.78, 5) is 12.6. The number of tetrazole rings is 1. The zero-order chi connectivity index (χ0) is 16.4. The van der Waals surface area contributed by atoms with Crippen LogP contribution in [0.2, 0.25) is 0 Å². The third kappa shape index (κ3) is 2.71. The lowest BCUT2D eigenvalue weighted by atomic mass is 10.00. The van der Waals surface area contributed by atoms with E-state index < -0.39 is 0 Å². The van der Waals surface area contributed by atoms with Gasteiger partial charge in [0.15, 0.2) is 0 Å². The van der Waals surface area contributed by atoms with Crippen molar-refractivity contribution in [2.45, 2.75) is 12.5 Å². The first kappa shape index (κ1) is 14.4. The van der Waals surface area contributed by atoms with Crippen molar-refractivity contribution in [2.75, 3.05) is 6.61 Å². The topological polar surface area (TPSA) is 81.9 Å². The average molecular weight is 321 g/mol. The summed E-state index contributed by atoms with van der Waals surface area (Å²) >= 11 is 0. The van der Waals surface area contributed by atoms with Crippen LogP contribution in [0.4, 0.5) is 0 Å². The van der Waals surface area contributed by atoms with E-state index in [1.165, 1.54) is 11.0 Å². The van der Waals surface area contributed by atoms with Crippen LogP contribution in [-0.4, -0.2) is 32.7 Å². The molecular weight excluding hydrogens is 306 g/mol. The molecule has 4 rings (SSSR count). The summed E-state index contributed by atoms with van der Waals surface area (Å²) in [7, 11) is 0. The number of hydrogen-bond donors (Lipinski definition) is 1. The van der Waals surface area contributed by atoms with Gasteiger partial charge in [-0.3, -0.25) is 4.79 Å². The molecule has 24 heavy (non-hydrogen) atoms. The van der Waals surface area contributed by atoms with E-state index in [1.807, 2.05) is 36.4 Å². The third-order valence-electron chi connectivity index (χ3n) is 3.99. The monoisotopic (exact) mass is 321 g/mol. The maximum absolute atomic E-state index is 12.6. The third-order valence-corrected chi connectivity index (χ3v) is 3.99. The molecule has 3 aromatic rings. The van der Waals surface area contributed by atoms with Gasteiger partial charge >= 0.3 is 0 Å². The van der Waals surface area contributed by atoms with Gasteiger partial charge in [-0.1, -0.05) is 24.3 Å². The van der Waals surface area contributed by atoms with Gasteiger partial charge in [0.05, 0.1) is 18.3 Å². The number of nitrogens with one attached hydrogen (secondary N) is 1. The van der Waals surface area contributed by atoms with Crippen molar-refractivity contribution in [1.82, 2.24) is 25.5 Å². The molecule has 0 bridgehead atoms. The fourth-order valence-electron chi connectivity index (χ4n) is 2.80. The Kier molecular flexibility index (Phi) is 3.66. The van der Waals surface area contributed by atoms with Gasteiger partial charge in [-0.2, -0.15) is 0 Å². The van der Waals surface area contributed by atoms with Crippen molar-refractivity contribution < 1.29 is 9.53 Å². The van der Waals surface area contributed by atoms with Crippen molar-refractivity contribution in [3.63, 3.8) is 0 Å². The highest BCUT2D eigenvalue weighted by molar-refractivity contribution is 5.95. The summed E-state index contributed by atoms with van der Waals surface area (Å²) < 4.78 is 7.15. The second kappa shape index (κ2) is 6.11. The summed E-state index contributed by atoms with van der Waals surface area (Å²) in [6.07, 6.45) is 2.24. The molecule has 0 radical (unpaired) electrons. The minimum atomic E-state index is -0.133. The van der Waals surface area contributed by atoms with E-state index in [0.29, 0.717) is 12.2 Å². The van der Waals surface area contributed by atoms with Crippen LogP contribution in [0.5, 0.6) is 5.75 Å². The SMILES string of the molecule is O=C(N[C@@H]1CCOc2ccccc21)c1cccc(-n2cnnn2)c1. The molecule has 1 amide bonds. The Morgan fingerprint density at radius 1 is 1.21 bits per heavy atom. The van der Waals surface area contributed by atoms with E-state index in [0.717, 1.165) is 23.4 Å². The van der Waals surface area contributed by atoms with Crippen LogP contribution >= 0.6 is 0 Å². The van der Waals surface area contributed by atoms with Crippen molar-refractivity contribution in [3.8, 4) is 11.4 Å². The van der Waals surface area contributed by atoms with Crippen molar-refractivity contribution in [2.24, 2.45) is 0 Å². The zero-order valence-corrected chi connectivity index (χ0v) is 12.8. The van der Waals surface area contributed by atoms with Crippen LogP contribution in [-0.2, 0) is 0 Å². The zero-order valence-electron chi connectivity index (χ0n) is 12.8. The predicted molar refractivity (Wildman–Crippen MR) is 85.9 cm³/mol. The average Bonchev–Trinajstić information content (AvgIpc) is 3.17. The Bertz CT molecular complexity index is 863. The van der Waals surface area contributed by atoms with Crippen LogP contribution in [0.3, 0.4) is 0 Å². The lowest BCUT2D eigenvalue weighted by molar-refractivity contribution is 0.0925. The summed E-state index contributed by atoms with van der Waals surface area (Å²) in [6, 6.07) is 14.9. The van der Waals surface area contributed by atoms with E-state index in [4.69, 9.17) is 4.74 Å². The van der Waals surface area contributed by atoms with E-state index in [-0.39, 0.29) is 11.9 Å². The number of nitrogens with zero attached hydrogens (tertiary/aromatic N) is 4. The molecule has 0 fully saturated rings. The number of amides is 1. The van der Waals surface area contributed by atoms with Gasteiger partial charge in [-0.25, -0.2) is 4.68 Å². The Balaban J connectivity index is 1.56. The standard InChI is InChI=1S/C17H15N5O2/c23-17(12-4-3-5-13(10-12)22-11-18-20-21-22)19-15-8-9-24-16-7-2-1-6-14(15)16/h1-7,10-11,15H,8-9H2,(H,19,23)/t15-/m1/s1. The molecule has 7 nitrogen and oxygen atoms in total. The first-order valence-electron chi connectivity index (χ1n) is 7.67. The summed E-state index contributed by atoms with van der Waals surface area (Å²) in [6.45, 7) is 0.590. The number of fused-ring (bicyclic) bond motifs is 1. The number of ether oxygens (including phenoxy) is 1. The fraction of sp³-hybridized carbons (Fsp3) is 0.176. The highest BCUT2D eigenvalue weighted by Gasteiger charge is 2.23. The summed E-state index contributed by atoms with van der Waals surface area (Å²) in [5.74, 6) is 0.697. The number of carbonyl (C=O) groups is 1. The number of benzene rings is 2. The molecule has 1 atom stereocenters. The van der Waals surface area contributed by atoms with E-state index >= 15 is 0 Å². The molecule has 120 valence electrons. The molecule has 2 heterocycles. The van der Waals surface area contributed by atoms with Gasteiger partial charge in [0.25, 0.3) is 5.91 Å². The minimum absolute atomic E-state index is 0.0563. The van der Waals surface area contributed by atoms with Crippen LogP contribution < -0.4 is 10.1 Å². The molecule has 1 N–H and O–H groups in total. The Morgan fingerprint density at radius 3 is 3.00 bits per heavy atom.